The lowest BCUT2D eigenvalue weighted by Crippen LogP contribution is -2.17. The largest absolute Gasteiger partial charge is 0.469 e. The molecule has 0 saturated heterocycles. The van der Waals surface area contributed by atoms with Crippen molar-refractivity contribution in [1.82, 2.24) is 0 Å². The van der Waals surface area contributed by atoms with Gasteiger partial charge in [0.25, 0.3) is 0 Å². The fraction of sp³-hybridized carbons (Fsp3) is 0.978. The van der Waals surface area contributed by atoms with E-state index in [1.165, 1.54) is 41.3 Å². The molecular formula is C46H99O17P7S7. The molecule has 0 aliphatic rings. The van der Waals surface area contributed by atoms with E-state index in [2.05, 4.69) is 0 Å². The summed E-state index contributed by atoms with van der Waals surface area (Å²) >= 11 is 10.3. The van der Waals surface area contributed by atoms with Crippen LogP contribution in [0.3, 0.4) is 0 Å². The van der Waals surface area contributed by atoms with Crippen LogP contribution in [0.1, 0.15) is 159 Å². The summed E-state index contributed by atoms with van der Waals surface area (Å²) in [6, 6.07) is 0. The molecule has 0 amide bonds. The van der Waals surface area contributed by atoms with Crippen LogP contribution in [-0.4, -0.2) is 139 Å². The molecule has 0 bridgehead atoms. The van der Waals surface area contributed by atoms with Gasteiger partial charge in [-0.3, -0.25) is 13.8 Å². The Morgan fingerprint density at radius 2 is 0.558 bits per heavy atom. The van der Waals surface area contributed by atoms with Gasteiger partial charge in [-0.15, -0.1) is 0 Å². The minimum absolute atomic E-state index is 0.0230. The number of carbonyl (C=O) groups excluding carboxylic acids is 1. The Labute approximate surface area is 503 Å². The fourth-order valence-corrected chi connectivity index (χ4v) is 30.7. The van der Waals surface area contributed by atoms with E-state index in [9.17, 15) is 9.36 Å². The van der Waals surface area contributed by atoms with E-state index >= 15 is 0 Å². The lowest BCUT2D eigenvalue weighted by Gasteiger charge is -2.29. The topological polar surface area (TPSA) is 173 Å². The molecule has 77 heavy (non-hydrogen) atoms. The Hall–Kier alpha value is 4.17. The molecule has 0 N–H and O–H groups in total. The zero-order chi connectivity index (χ0) is 58.8. The van der Waals surface area contributed by atoms with Gasteiger partial charge in [0.05, 0.1) is 99.0 Å². The van der Waals surface area contributed by atoms with Crippen LogP contribution >= 0.6 is 132 Å². The predicted octanol–water partition coefficient (Wildman–Crippen LogP) is 20.0. The van der Waals surface area contributed by atoms with E-state index in [-0.39, 0.29) is 85.3 Å². The van der Waals surface area contributed by atoms with Gasteiger partial charge in [-0.2, -0.15) is 0 Å². The summed E-state index contributed by atoms with van der Waals surface area (Å²) in [4.78, 5) is 12.2. The van der Waals surface area contributed by atoms with E-state index < -0.39 is 70.6 Å². The van der Waals surface area contributed by atoms with Crippen molar-refractivity contribution >= 4 is 138 Å². The highest BCUT2D eigenvalue weighted by molar-refractivity contribution is 8.55. The highest BCUT2D eigenvalue weighted by atomic mass is 32.7. The summed E-state index contributed by atoms with van der Waals surface area (Å²) in [6.45, 7) is 39.8. The number of rotatable bonds is 50. The molecule has 31 heteroatoms. The van der Waals surface area contributed by atoms with Gasteiger partial charge >= 0.3 is 12.8 Å². The number of hydrogen-bond acceptors (Lipinski definition) is 24. The molecule has 0 fully saturated rings. The second kappa shape index (κ2) is 47.2. The molecule has 0 aliphatic heterocycles. The molecule has 7 atom stereocenters. The second-order valence-corrected chi connectivity index (χ2v) is 42.3. The minimum Gasteiger partial charge on any atom is -0.469 e. The lowest BCUT2D eigenvalue weighted by molar-refractivity contribution is -0.140. The monoisotopic (exact) mass is 1360 g/mol. The standard InChI is InChI=1S/C46H99O17P7S7/c1-32(2)50-64(51-33(3)4)72-26-41(18)59-69(60-42(19)27-73-65(52-34(5)6)53-35(7)8)74-28-40(17)58-68(71-25-24-46(47)49-23)61-43(20)31-77-70(48,62-44(21)29-75-66(54-36(9)10)55-37(11)12)63-45(22)30-76-67(56-38(13)14)57-39(15)16/h32-45H,24-31H2,1-23H3. The van der Waals surface area contributed by atoms with E-state index in [0.717, 1.165) is 11.4 Å². The molecule has 0 saturated carbocycles. The Kier molecular flexibility index (Phi) is 49.8. The molecular weight excluding hydrogens is 1270 g/mol. The van der Waals surface area contributed by atoms with Gasteiger partial charge in [0.2, 0.25) is 45.5 Å². The molecule has 0 aromatic carbocycles. The molecule has 0 heterocycles. The van der Waals surface area contributed by atoms with Crippen LogP contribution in [0.15, 0.2) is 0 Å². The Bertz CT molecular complexity index is 1400. The summed E-state index contributed by atoms with van der Waals surface area (Å²) in [6.07, 6.45) is -1.88. The molecule has 0 spiro atoms. The van der Waals surface area contributed by atoms with E-state index in [0.29, 0.717) is 34.5 Å². The van der Waals surface area contributed by atoms with E-state index in [1.54, 1.807) is 34.1 Å². The Morgan fingerprint density at radius 3 is 0.805 bits per heavy atom. The normalized spacial score (nSPS) is 16.9. The van der Waals surface area contributed by atoms with Gasteiger partial charge in [-0.05, 0) is 164 Å². The number of carbonyl (C=O) groups is 1. The maximum atomic E-state index is 14.9. The van der Waals surface area contributed by atoms with Crippen LogP contribution < -0.4 is 0 Å². The summed E-state index contributed by atoms with van der Waals surface area (Å²) in [5.74, 6) is 3.09. The summed E-state index contributed by atoms with van der Waals surface area (Å²) in [5, 5.41) is 0. The molecule has 0 radical (unpaired) electrons. The molecule has 0 aromatic heterocycles. The van der Waals surface area contributed by atoms with E-state index in [4.69, 9.17) is 68.1 Å². The first-order chi connectivity index (χ1) is 35.9. The molecule has 462 valence electrons. The van der Waals surface area contributed by atoms with Crippen molar-refractivity contribution in [2.75, 3.05) is 47.4 Å². The van der Waals surface area contributed by atoms with Crippen molar-refractivity contribution < 1.29 is 77.4 Å². The van der Waals surface area contributed by atoms with Crippen molar-refractivity contribution in [2.45, 2.75) is 244 Å². The zero-order valence-electron chi connectivity index (χ0n) is 50.2. The van der Waals surface area contributed by atoms with Crippen LogP contribution in [0.25, 0.3) is 0 Å². The van der Waals surface area contributed by atoms with Crippen molar-refractivity contribution in [1.29, 1.82) is 0 Å². The van der Waals surface area contributed by atoms with Crippen molar-refractivity contribution in [3.8, 4) is 0 Å². The van der Waals surface area contributed by atoms with Crippen LogP contribution in [0, 0.1) is 0 Å². The first kappa shape index (κ1) is 81.2. The summed E-state index contributed by atoms with van der Waals surface area (Å²) < 4.78 is 108. The van der Waals surface area contributed by atoms with E-state index in [1.807, 2.05) is 152 Å². The van der Waals surface area contributed by atoms with Crippen LogP contribution in [0.5, 0.6) is 0 Å². The Balaban J connectivity index is 6.43. The maximum Gasteiger partial charge on any atom is 0.389 e. The van der Waals surface area contributed by atoms with Gasteiger partial charge in [0.15, 0.2) is 0 Å². The highest BCUT2D eigenvalue weighted by Crippen LogP contribution is 2.66. The molecule has 0 aliphatic carbocycles. The Morgan fingerprint density at radius 1 is 0.338 bits per heavy atom. The molecule has 0 rings (SSSR count). The van der Waals surface area contributed by atoms with Crippen molar-refractivity contribution in [3.63, 3.8) is 0 Å². The van der Waals surface area contributed by atoms with Gasteiger partial charge in [0.1, 0.15) is 0 Å². The number of esters is 1. The second-order valence-electron chi connectivity index (χ2n) is 19.5. The lowest BCUT2D eigenvalue weighted by atomic mass is 10.5. The number of hydrogen-bond donors (Lipinski definition) is 0. The van der Waals surface area contributed by atoms with Crippen molar-refractivity contribution in [3.05, 3.63) is 0 Å². The third-order valence-corrected chi connectivity index (χ3v) is 32.7. The predicted molar refractivity (Wildman–Crippen MR) is 346 cm³/mol. The summed E-state index contributed by atoms with van der Waals surface area (Å²) in [7, 11) is -6.56. The number of ether oxygens (including phenoxy) is 1. The van der Waals surface area contributed by atoms with Crippen LogP contribution in [0.4, 0.5) is 0 Å². The van der Waals surface area contributed by atoms with Gasteiger partial charge in [-0.25, -0.2) is 4.57 Å². The average molecular weight is 1370 g/mol. The molecule has 0 aromatic rings. The van der Waals surface area contributed by atoms with Gasteiger partial charge < -0.3 is 59.0 Å². The highest BCUT2D eigenvalue weighted by Gasteiger charge is 2.35. The smallest absolute Gasteiger partial charge is 0.389 e. The quantitative estimate of drug-likeness (QED) is 0.0415. The zero-order valence-corrected chi connectivity index (χ0v) is 62.1. The third kappa shape index (κ3) is 47.9. The third-order valence-electron chi connectivity index (χ3n) is 7.33. The first-order valence-electron chi connectivity index (χ1n) is 26.2. The maximum absolute atomic E-state index is 14.9. The van der Waals surface area contributed by atoms with Crippen molar-refractivity contribution in [2.24, 2.45) is 0 Å². The van der Waals surface area contributed by atoms with Gasteiger partial charge in [0, 0.05) is 40.3 Å². The van der Waals surface area contributed by atoms with Crippen LogP contribution in [-0.2, 0) is 77.4 Å². The summed E-state index contributed by atoms with van der Waals surface area (Å²) in [5.41, 5.74) is 0. The molecule has 17 nitrogen and oxygen atoms in total. The van der Waals surface area contributed by atoms with Gasteiger partial charge in [-0.1, -0.05) is 68.3 Å². The minimum atomic E-state index is -3.82. The average Bonchev–Trinajstić information content (AvgIpc) is 3.28. The number of methoxy groups -OCH3 is 1. The molecule has 7 unspecified atom stereocenters. The SMILES string of the molecule is COC(=O)CCSP(OC(C)CSP(OC(C)CSP(OC(C)C)OC(C)C)OC(C)CSP(OC(C)C)OC(C)C)OC(C)CSP(=O)(OC(C)CSP(OC(C)C)OC(C)C)OC(C)CSP(OC(C)C)OC(C)C. The first-order valence-corrected chi connectivity index (χ1v) is 45.9. The fourth-order valence-electron chi connectivity index (χ4n) is 4.52. The van der Waals surface area contributed by atoms with Crippen LogP contribution in [0.2, 0.25) is 0 Å².